The summed E-state index contributed by atoms with van der Waals surface area (Å²) in [4.78, 5) is 6.45. The van der Waals surface area contributed by atoms with Gasteiger partial charge >= 0.3 is 0 Å². The average molecular weight is 309 g/mol. The van der Waals surface area contributed by atoms with Gasteiger partial charge in [0.15, 0.2) is 5.65 Å². The molecule has 118 valence electrons. The number of pyridine rings is 1. The summed E-state index contributed by atoms with van der Waals surface area (Å²) in [6.07, 6.45) is 5.36. The molecule has 1 unspecified atom stereocenters. The minimum Gasteiger partial charge on any atom is -0.354 e. The standard InChI is InChI=1S/C16H19N7/c1-12(14-3-2-6-17-8-14)18-7-13-9-22(10-13)16-5-4-15-20-19-11-23(15)21-16/h2-6,8,11-13,18H,7,9-10H2,1H3. The molecule has 3 aromatic rings. The molecule has 0 bridgehead atoms. The molecule has 23 heavy (non-hydrogen) atoms. The van der Waals surface area contributed by atoms with Gasteiger partial charge in [0.25, 0.3) is 0 Å². The van der Waals surface area contributed by atoms with Crippen molar-refractivity contribution in [1.82, 2.24) is 30.1 Å². The van der Waals surface area contributed by atoms with Crippen molar-refractivity contribution >= 4 is 11.5 Å². The van der Waals surface area contributed by atoms with Gasteiger partial charge in [-0.1, -0.05) is 6.07 Å². The zero-order chi connectivity index (χ0) is 15.6. The minimum atomic E-state index is 0.323. The molecule has 7 heteroatoms. The molecule has 3 aromatic heterocycles. The van der Waals surface area contributed by atoms with E-state index < -0.39 is 0 Å². The second kappa shape index (κ2) is 5.92. The Labute approximate surface area is 134 Å². The number of nitrogens with zero attached hydrogens (tertiary/aromatic N) is 6. The van der Waals surface area contributed by atoms with Gasteiger partial charge in [0, 0.05) is 44.0 Å². The topological polar surface area (TPSA) is 71.2 Å². The monoisotopic (exact) mass is 309 g/mol. The molecule has 4 rings (SSSR count). The van der Waals surface area contributed by atoms with Gasteiger partial charge in [0.2, 0.25) is 0 Å². The van der Waals surface area contributed by atoms with Gasteiger partial charge in [-0.15, -0.1) is 15.3 Å². The molecule has 1 aliphatic heterocycles. The highest BCUT2D eigenvalue weighted by molar-refractivity contribution is 5.46. The highest BCUT2D eigenvalue weighted by atomic mass is 15.4. The van der Waals surface area contributed by atoms with Crippen molar-refractivity contribution in [2.45, 2.75) is 13.0 Å². The van der Waals surface area contributed by atoms with Crippen LogP contribution in [0, 0.1) is 5.92 Å². The second-order valence-electron chi connectivity index (χ2n) is 6.01. The summed E-state index contributed by atoms with van der Waals surface area (Å²) in [5.41, 5.74) is 2.00. The molecule has 0 aromatic carbocycles. The van der Waals surface area contributed by atoms with Crippen LogP contribution >= 0.6 is 0 Å². The maximum absolute atomic E-state index is 4.52. The number of hydrogen-bond acceptors (Lipinski definition) is 6. The summed E-state index contributed by atoms with van der Waals surface area (Å²) in [6.45, 7) is 5.22. The quantitative estimate of drug-likeness (QED) is 0.766. The van der Waals surface area contributed by atoms with E-state index >= 15 is 0 Å². The Hall–Kier alpha value is -2.54. The van der Waals surface area contributed by atoms with E-state index in [0.717, 1.165) is 31.1 Å². The van der Waals surface area contributed by atoms with Gasteiger partial charge in [-0.25, -0.2) is 0 Å². The second-order valence-corrected chi connectivity index (χ2v) is 6.01. The number of rotatable bonds is 5. The van der Waals surface area contributed by atoms with Crippen molar-refractivity contribution in [3.8, 4) is 0 Å². The Morgan fingerprint density at radius 3 is 3.04 bits per heavy atom. The number of aromatic nitrogens is 5. The minimum absolute atomic E-state index is 0.323. The van der Waals surface area contributed by atoms with Gasteiger partial charge < -0.3 is 10.2 Å². The molecule has 7 nitrogen and oxygen atoms in total. The SMILES string of the molecule is CC(NCC1CN(c2ccc3nncn3n2)C1)c1cccnc1. The highest BCUT2D eigenvalue weighted by Crippen LogP contribution is 2.23. The van der Waals surface area contributed by atoms with E-state index in [4.69, 9.17) is 0 Å². The Kier molecular flexibility index (Phi) is 3.63. The summed E-state index contributed by atoms with van der Waals surface area (Å²) in [5.74, 6) is 1.63. The predicted molar refractivity (Wildman–Crippen MR) is 87.1 cm³/mol. The van der Waals surface area contributed by atoms with Crippen molar-refractivity contribution in [3.63, 3.8) is 0 Å². The molecule has 1 fully saturated rings. The van der Waals surface area contributed by atoms with Crippen LogP contribution in [0.3, 0.4) is 0 Å². The Morgan fingerprint density at radius 1 is 1.30 bits per heavy atom. The van der Waals surface area contributed by atoms with Crippen molar-refractivity contribution < 1.29 is 0 Å². The lowest BCUT2D eigenvalue weighted by molar-refractivity contribution is 0.365. The molecule has 0 aliphatic carbocycles. The summed E-state index contributed by atoms with van der Waals surface area (Å²) >= 11 is 0. The summed E-state index contributed by atoms with van der Waals surface area (Å²) in [5, 5.41) is 15.9. The molecule has 0 saturated carbocycles. The van der Waals surface area contributed by atoms with Gasteiger partial charge in [0.1, 0.15) is 12.1 Å². The maximum atomic E-state index is 4.52. The third kappa shape index (κ3) is 2.87. The van der Waals surface area contributed by atoms with Gasteiger partial charge in [-0.05, 0) is 30.7 Å². The van der Waals surface area contributed by atoms with Crippen molar-refractivity contribution in [2.75, 3.05) is 24.5 Å². The van der Waals surface area contributed by atoms with E-state index in [-0.39, 0.29) is 0 Å². The van der Waals surface area contributed by atoms with E-state index in [0.29, 0.717) is 12.0 Å². The van der Waals surface area contributed by atoms with E-state index in [2.05, 4.69) is 43.5 Å². The smallest absolute Gasteiger partial charge is 0.177 e. The van der Waals surface area contributed by atoms with Crippen LogP contribution in [0.25, 0.3) is 5.65 Å². The van der Waals surface area contributed by atoms with Crippen LogP contribution < -0.4 is 10.2 Å². The molecule has 1 aliphatic rings. The van der Waals surface area contributed by atoms with E-state index in [1.807, 2.05) is 24.4 Å². The normalized spacial score (nSPS) is 16.5. The molecular weight excluding hydrogens is 290 g/mol. The fraction of sp³-hybridized carbons (Fsp3) is 0.375. The van der Waals surface area contributed by atoms with Crippen LogP contribution in [0.2, 0.25) is 0 Å². The largest absolute Gasteiger partial charge is 0.354 e. The van der Waals surface area contributed by atoms with Crippen molar-refractivity contribution in [1.29, 1.82) is 0 Å². The molecule has 1 atom stereocenters. The molecular formula is C16H19N7. The molecule has 0 spiro atoms. The summed E-state index contributed by atoms with van der Waals surface area (Å²) < 4.78 is 1.71. The van der Waals surface area contributed by atoms with E-state index in [1.54, 1.807) is 17.0 Å². The molecule has 4 heterocycles. The average Bonchev–Trinajstić information content (AvgIpc) is 3.01. The van der Waals surface area contributed by atoms with Crippen LogP contribution in [0.1, 0.15) is 18.5 Å². The molecule has 1 saturated heterocycles. The fourth-order valence-electron chi connectivity index (χ4n) is 2.87. The van der Waals surface area contributed by atoms with Crippen LogP contribution in [-0.4, -0.2) is 44.4 Å². The first-order chi connectivity index (χ1) is 11.3. The first kappa shape index (κ1) is 14.1. The predicted octanol–water partition coefficient (Wildman–Crippen LogP) is 1.31. The number of anilines is 1. The van der Waals surface area contributed by atoms with Gasteiger partial charge in [-0.2, -0.15) is 4.52 Å². The van der Waals surface area contributed by atoms with Crippen molar-refractivity contribution in [2.24, 2.45) is 5.92 Å². The Balaban J connectivity index is 1.29. The maximum Gasteiger partial charge on any atom is 0.177 e. The Morgan fingerprint density at radius 2 is 2.22 bits per heavy atom. The lowest BCUT2D eigenvalue weighted by atomic mass is 9.99. The third-order valence-electron chi connectivity index (χ3n) is 4.33. The van der Waals surface area contributed by atoms with Crippen LogP contribution in [-0.2, 0) is 0 Å². The first-order valence-corrected chi connectivity index (χ1v) is 7.85. The van der Waals surface area contributed by atoms with Crippen LogP contribution in [0.15, 0.2) is 43.0 Å². The first-order valence-electron chi connectivity index (χ1n) is 7.85. The number of nitrogens with one attached hydrogen (secondary N) is 1. The van der Waals surface area contributed by atoms with E-state index in [9.17, 15) is 0 Å². The lowest BCUT2D eigenvalue weighted by Crippen LogP contribution is -2.51. The van der Waals surface area contributed by atoms with Gasteiger partial charge in [-0.3, -0.25) is 4.98 Å². The van der Waals surface area contributed by atoms with Gasteiger partial charge in [0.05, 0.1) is 0 Å². The van der Waals surface area contributed by atoms with Crippen molar-refractivity contribution in [3.05, 3.63) is 48.5 Å². The van der Waals surface area contributed by atoms with Crippen LogP contribution in [0.5, 0.6) is 0 Å². The number of hydrogen-bond donors (Lipinski definition) is 1. The Bertz CT molecular complexity index is 779. The summed E-state index contributed by atoms with van der Waals surface area (Å²) in [7, 11) is 0. The third-order valence-corrected chi connectivity index (χ3v) is 4.33. The van der Waals surface area contributed by atoms with E-state index in [1.165, 1.54) is 5.56 Å². The summed E-state index contributed by atoms with van der Waals surface area (Å²) in [6, 6.07) is 8.36. The number of fused-ring (bicyclic) bond motifs is 1. The lowest BCUT2D eigenvalue weighted by Gasteiger charge is -2.40. The zero-order valence-corrected chi connectivity index (χ0v) is 13.0. The molecule has 0 radical (unpaired) electrons. The highest BCUT2D eigenvalue weighted by Gasteiger charge is 2.28. The molecule has 1 N–H and O–H groups in total. The zero-order valence-electron chi connectivity index (χ0n) is 13.0. The molecule has 0 amide bonds. The van der Waals surface area contributed by atoms with Crippen LogP contribution in [0.4, 0.5) is 5.82 Å². The fourth-order valence-corrected chi connectivity index (χ4v) is 2.87.